The predicted octanol–water partition coefficient (Wildman–Crippen LogP) is 3.53. The second-order valence-electron chi connectivity index (χ2n) is 4.83. The minimum Gasteiger partial charge on any atom is -0.493 e. The van der Waals surface area contributed by atoms with E-state index in [9.17, 15) is 0 Å². The summed E-state index contributed by atoms with van der Waals surface area (Å²) >= 11 is 0. The second-order valence-corrected chi connectivity index (χ2v) is 4.83. The number of anilines is 3. The molecule has 0 fully saturated rings. The molecule has 5 nitrogen and oxygen atoms in total. The average molecular weight is 286 g/mol. The third kappa shape index (κ3) is 3.13. The summed E-state index contributed by atoms with van der Waals surface area (Å²) < 4.78 is 16.3. The van der Waals surface area contributed by atoms with Gasteiger partial charge in [-0.3, -0.25) is 0 Å². The lowest BCUT2D eigenvalue weighted by Crippen LogP contribution is -1.98. The van der Waals surface area contributed by atoms with Crippen molar-refractivity contribution < 1.29 is 14.2 Å². The van der Waals surface area contributed by atoms with Crippen molar-refractivity contribution >= 4 is 17.1 Å². The third-order valence-corrected chi connectivity index (χ3v) is 3.06. The van der Waals surface area contributed by atoms with E-state index in [0.717, 1.165) is 35.0 Å². The molecule has 1 aliphatic heterocycles. The molecule has 1 aliphatic rings. The van der Waals surface area contributed by atoms with Gasteiger partial charge in [-0.1, -0.05) is 6.92 Å². The molecule has 5 heteroatoms. The molecule has 0 saturated carbocycles. The van der Waals surface area contributed by atoms with Crippen LogP contribution in [-0.2, 0) is 0 Å². The monoisotopic (exact) mass is 286 g/mol. The zero-order valence-corrected chi connectivity index (χ0v) is 11.9. The summed E-state index contributed by atoms with van der Waals surface area (Å²) in [7, 11) is 0. The van der Waals surface area contributed by atoms with Crippen LogP contribution in [0.25, 0.3) is 0 Å². The Labute approximate surface area is 123 Å². The zero-order valence-electron chi connectivity index (χ0n) is 11.9. The summed E-state index contributed by atoms with van der Waals surface area (Å²) in [6.45, 7) is 3.01. The average Bonchev–Trinajstić information content (AvgIpc) is 2.92. The summed E-state index contributed by atoms with van der Waals surface area (Å²) in [5.74, 6) is 2.27. The lowest BCUT2D eigenvalue weighted by molar-refractivity contribution is 0.174. The van der Waals surface area contributed by atoms with E-state index in [1.54, 1.807) is 0 Å². The lowest BCUT2D eigenvalue weighted by Gasteiger charge is -2.11. The van der Waals surface area contributed by atoms with Crippen molar-refractivity contribution in [3.63, 3.8) is 0 Å². The van der Waals surface area contributed by atoms with Gasteiger partial charge in [-0.2, -0.15) is 0 Å². The number of nitrogens with one attached hydrogen (secondary N) is 1. The standard InChI is InChI=1S/C16H18N2O3/c1-2-5-19-14-7-11(17)6-13(8-14)18-12-3-4-15-16(9-12)21-10-20-15/h3-4,6-9,18H,2,5,10,17H2,1H3. The molecule has 3 rings (SSSR count). The molecule has 0 aliphatic carbocycles. The van der Waals surface area contributed by atoms with Gasteiger partial charge in [0.25, 0.3) is 0 Å². The lowest BCUT2D eigenvalue weighted by atomic mass is 10.2. The molecule has 0 bridgehead atoms. The van der Waals surface area contributed by atoms with Gasteiger partial charge in [0.2, 0.25) is 6.79 Å². The number of benzene rings is 2. The highest BCUT2D eigenvalue weighted by Gasteiger charge is 2.13. The van der Waals surface area contributed by atoms with Crippen LogP contribution in [0.15, 0.2) is 36.4 Å². The summed E-state index contributed by atoms with van der Waals surface area (Å²) in [4.78, 5) is 0. The van der Waals surface area contributed by atoms with Gasteiger partial charge < -0.3 is 25.3 Å². The second kappa shape index (κ2) is 5.83. The highest BCUT2D eigenvalue weighted by atomic mass is 16.7. The molecule has 0 amide bonds. The van der Waals surface area contributed by atoms with Gasteiger partial charge in [0, 0.05) is 35.3 Å². The molecule has 110 valence electrons. The van der Waals surface area contributed by atoms with Gasteiger partial charge in [0.1, 0.15) is 5.75 Å². The van der Waals surface area contributed by atoms with Crippen molar-refractivity contribution in [1.82, 2.24) is 0 Å². The molecular formula is C16H18N2O3. The van der Waals surface area contributed by atoms with E-state index in [1.165, 1.54) is 0 Å². The molecule has 0 unspecified atom stereocenters. The third-order valence-electron chi connectivity index (χ3n) is 3.06. The van der Waals surface area contributed by atoms with Gasteiger partial charge >= 0.3 is 0 Å². The fourth-order valence-electron chi connectivity index (χ4n) is 2.14. The maximum absolute atomic E-state index is 5.91. The van der Waals surface area contributed by atoms with Gasteiger partial charge in [0.05, 0.1) is 6.61 Å². The predicted molar refractivity (Wildman–Crippen MR) is 82.5 cm³/mol. The largest absolute Gasteiger partial charge is 0.493 e. The highest BCUT2D eigenvalue weighted by Crippen LogP contribution is 2.35. The molecule has 21 heavy (non-hydrogen) atoms. The van der Waals surface area contributed by atoms with Crippen LogP contribution in [0.1, 0.15) is 13.3 Å². The normalized spacial score (nSPS) is 12.2. The van der Waals surface area contributed by atoms with Crippen LogP contribution < -0.4 is 25.3 Å². The Morgan fingerprint density at radius 3 is 2.81 bits per heavy atom. The molecule has 0 aromatic heterocycles. The fourth-order valence-corrected chi connectivity index (χ4v) is 2.14. The van der Waals surface area contributed by atoms with E-state index in [0.29, 0.717) is 12.3 Å². The Bertz CT molecular complexity index is 643. The fraction of sp³-hybridized carbons (Fsp3) is 0.250. The Kier molecular flexibility index (Phi) is 3.73. The molecule has 2 aromatic carbocycles. The van der Waals surface area contributed by atoms with Crippen LogP contribution >= 0.6 is 0 Å². The number of rotatable bonds is 5. The van der Waals surface area contributed by atoms with Crippen LogP contribution in [0.5, 0.6) is 17.2 Å². The number of nitrogens with two attached hydrogens (primary N) is 1. The van der Waals surface area contributed by atoms with E-state index in [1.807, 2.05) is 36.4 Å². The van der Waals surface area contributed by atoms with Crippen molar-refractivity contribution in [2.45, 2.75) is 13.3 Å². The molecule has 0 atom stereocenters. The summed E-state index contributed by atoms with van der Waals surface area (Å²) in [5, 5.41) is 3.30. The molecule has 1 heterocycles. The van der Waals surface area contributed by atoms with Crippen LogP contribution in [-0.4, -0.2) is 13.4 Å². The number of hydrogen-bond acceptors (Lipinski definition) is 5. The van der Waals surface area contributed by atoms with Crippen molar-refractivity contribution in [3.8, 4) is 17.2 Å². The first-order valence-corrected chi connectivity index (χ1v) is 6.94. The van der Waals surface area contributed by atoms with Crippen molar-refractivity contribution in [2.75, 3.05) is 24.5 Å². The molecule has 0 saturated heterocycles. The topological polar surface area (TPSA) is 65.7 Å². The number of nitrogen functional groups attached to an aromatic ring is 1. The van der Waals surface area contributed by atoms with Crippen molar-refractivity contribution in [1.29, 1.82) is 0 Å². The number of hydrogen-bond donors (Lipinski definition) is 2. The summed E-state index contributed by atoms with van der Waals surface area (Å²) in [6.07, 6.45) is 0.958. The van der Waals surface area contributed by atoms with Gasteiger partial charge in [-0.25, -0.2) is 0 Å². The molecule has 0 radical (unpaired) electrons. The van der Waals surface area contributed by atoms with Crippen molar-refractivity contribution in [3.05, 3.63) is 36.4 Å². The van der Waals surface area contributed by atoms with Crippen LogP contribution in [0.4, 0.5) is 17.1 Å². The SMILES string of the molecule is CCCOc1cc(N)cc(Nc2ccc3c(c2)OCO3)c1. The van der Waals surface area contributed by atoms with Crippen LogP contribution in [0, 0.1) is 0 Å². The Morgan fingerprint density at radius 1 is 1.10 bits per heavy atom. The summed E-state index contributed by atoms with van der Waals surface area (Å²) in [5.41, 5.74) is 8.35. The smallest absolute Gasteiger partial charge is 0.231 e. The Morgan fingerprint density at radius 2 is 1.95 bits per heavy atom. The molecule has 2 aromatic rings. The molecular weight excluding hydrogens is 268 g/mol. The number of fused-ring (bicyclic) bond motifs is 1. The molecule has 0 spiro atoms. The van der Waals surface area contributed by atoms with Gasteiger partial charge in [-0.05, 0) is 24.6 Å². The minimum absolute atomic E-state index is 0.270. The van der Waals surface area contributed by atoms with E-state index < -0.39 is 0 Å². The molecule has 3 N–H and O–H groups in total. The Hall–Kier alpha value is -2.56. The van der Waals surface area contributed by atoms with Crippen LogP contribution in [0.2, 0.25) is 0 Å². The zero-order chi connectivity index (χ0) is 14.7. The van der Waals surface area contributed by atoms with E-state index >= 15 is 0 Å². The van der Waals surface area contributed by atoms with Gasteiger partial charge in [-0.15, -0.1) is 0 Å². The van der Waals surface area contributed by atoms with E-state index in [4.69, 9.17) is 19.9 Å². The highest BCUT2D eigenvalue weighted by molar-refractivity contribution is 5.68. The van der Waals surface area contributed by atoms with Gasteiger partial charge in [0.15, 0.2) is 11.5 Å². The van der Waals surface area contributed by atoms with E-state index in [2.05, 4.69) is 12.2 Å². The maximum Gasteiger partial charge on any atom is 0.231 e. The van der Waals surface area contributed by atoms with Crippen molar-refractivity contribution in [2.24, 2.45) is 0 Å². The quantitative estimate of drug-likeness (QED) is 0.823. The maximum atomic E-state index is 5.91. The Balaban J connectivity index is 1.79. The van der Waals surface area contributed by atoms with Crippen LogP contribution in [0.3, 0.4) is 0 Å². The first-order valence-electron chi connectivity index (χ1n) is 6.94. The summed E-state index contributed by atoms with van der Waals surface area (Å²) in [6, 6.07) is 11.3. The number of ether oxygens (including phenoxy) is 3. The van der Waals surface area contributed by atoms with E-state index in [-0.39, 0.29) is 6.79 Å². The minimum atomic E-state index is 0.270. The first kappa shape index (κ1) is 13.4. The first-order chi connectivity index (χ1) is 10.2.